The number of methoxy groups -OCH3 is 1. The minimum absolute atomic E-state index is 0. The minimum Gasteiger partial charge on any atom is -0.496 e. The molecule has 5 nitrogen and oxygen atoms in total. The maximum Gasteiger partial charge on any atom is 0.419 e. The molecule has 0 saturated heterocycles. The lowest BCUT2D eigenvalue weighted by atomic mass is 9.92. The molecule has 4 rings (SSSR count). The van der Waals surface area contributed by atoms with Crippen molar-refractivity contribution in [1.29, 1.82) is 0 Å². The largest absolute Gasteiger partial charge is 0.496 e. The molecule has 10 heteroatoms. The fourth-order valence-electron chi connectivity index (χ4n) is 3.97. The normalized spacial score (nSPS) is 18.4. The summed E-state index contributed by atoms with van der Waals surface area (Å²) in [4.78, 5) is 13.0. The van der Waals surface area contributed by atoms with Crippen LogP contribution in [0.5, 0.6) is 11.5 Å². The standard InChI is InChI=1S/C22H19BrF3N2O3.ClH/c1-30-19-8-5-12-9-13(23)6-7-14(12)16(19)10-18-15-3-2-4-17(22(24,25)26)21(15)31-20(27)11-28(18)29;/h2-9,18,20H,10-11,27H2,1H3;1H/q+1;. The summed E-state index contributed by atoms with van der Waals surface area (Å²) in [6, 6.07) is 12.1. The number of nitrogens with zero attached hydrogens (tertiary/aromatic N) is 1. The van der Waals surface area contributed by atoms with E-state index in [1.165, 1.54) is 19.2 Å². The summed E-state index contributed by atoms with van der Waals surface area (Å²) in [5.74, 6) is 0.152. The third-order valence-corrected chi connectivity index (χ3v) is 5.85. The van der Waals surface area contributed by atoms with Crippen LogP contribution in [-0.4, -0.2) is 24.6 Å². The number of nitroso groups, excluding NO2 is 1. The van der Waals surface area contributed by atoms with Crippen molar-refractivity contribution >= 4 is 39.1 Å². The summed E-state index contributed by atoms with van der Waals surface area (Å²) >= 11 is 3.44. The first-order chi connectivity index (χ1) is 14.7. The fourth-order valence-corrected chi connectivity index (χ4v) is 4.35. The maximum absolute atomic E-state index is 13.6. The molecule has 0 spiro atoms. The monoisotopic (exact) mass is 531 g/mol. The van der Waals surface area contributed by atoms with Crippen LogP contribution in [0.15, 0.2) is 53.0 Å². The molecule has 0 saturated carbocycles. The van der Waals surface area contributed by atoms with Gasteiger partial charge in [-0.2, -0.15) is 13.2 Å². The van der Waals surface area contributed by atoms with Crippen LogP contribution in [0.3, 0.4) is 0 Å². The smallest absolute Gasteiger partial charge is 0.419 e. The van der Waals surface area contributed by atoms with Crippen molar-refractivity contribution < 1.29 is 27.4 Å². The van der Waals surface area contributed by atoms with Gasteiger partial charge in [0.15, 0.2) is 0 Å². The van der Waals surface area contributed by atoms with Crippen molar-refractivity contribution in [3.63, 3.8) is 0 Å². The van der Waals surface area contributed by atoms with Gasteiger partial charge in [0.25, 0.3) is 0 Å². The second-order valence-electron chi connectivity index (χ2n) is 7.31. The number of halogens is 5. The summed E-state index contributed by atoms with van der Waals surface area (Å²) in [6.07, 6.45) is -5.71. The third kappa shape index (κ3) is 4.55. The van der Waals surface area contributed by atoms with Crippen LogP contribution >= 0.6 is 28.3 Å². The van der Waals surface area contributed by atoms with E-state index >= 15 is 0 Å². The van der Waals surface area contributed by atoms with Gasteiger partial charge in [0.1, 0.15) is 11.5 Å². The van der Waals surface area contributed by atoms with E-state index in [0.29, 0.717) is 10.5 Å². The molecule has 170 valence electrons. The average molecular weight is 533 g/mol. The fraction of sp³-hybridized carbons (Fsp3) is 0.273. The molecule has 0 radical (unpaired) electrons. The predicted molar refractivity (Wildman–Crippen MR) is 120 cm³/mol. The number of fused-ring (bicyclic) bond motifs is 2. The first-order valence-electron chi connectivity index (χ1n) is 9.50. The molecule has 0 bridgehead atoms. The molecule has 0 aliphatic carbocycles. The Morgan fingerprint density at radius 1 is 1.22 bits per heavy atom. The van der Waals surface area contributed by atoms with Gasteiger partial charge in [-0.15, -0.1) is 12.4 Å². The van der Waals surface area contributed by atoms with Crippen molar-refractivity contribution in [3.8, 4) is 11.5 Å². The van der Waals surface area contributed by atoms with Crippen molar-refractivity contribution in [3.05, 3.63) is 74.6 Å². The molecule has 2 N–H and O–H groups in total. The Hall–Kier alpha value is -2.36. The Bertz CT molecular complexity index is 1170. The van der Waals surface area contributed by atoms with E-state index < -0.39 is 29.8 Å². The van der Waals surface area contributed by atoms with E-state index in [2.05, 4.69) is 15.9 Å². The number of nitrogens with two attached hydrogens (primary N) is 1. The van der Waals surface area contributed by atoms with Crippen molar-refractivity contribution in [1.82, 2.24) is 0 Å². The van der Waals surface area contributed by atoms with Gasteiger partial charge in [0, 0.05) is 26.1 Å². The zero-order valence-corrected chi connectivity index (χ0v) is 19.3. The van der Waals surface area contributed by atoms with Crippen LogP contribution in [0.1, 0.15) is 22.7 Å². The topological polar surface area (TPSA) is 64.6 Å². The van der Waals surface area contributed by atoms with Crippen LogP contribution in [0.4, 0.5) is 13.2 Å². The molecular weight excluding hydrogens is 513 g/mol. The first-order valence-corrected chi connectivity index (χ1v) is 10.3. The maximum atomic E-state index is 13.6. The number of hydrogen-bond acceptors (Lipinski definition) is 4. The molecule has 2 atom stereocenters. The molecule has 1 aliphatic heterocycles. The number of para-hydroxylation sites is 1. The Kier molecular flexibility index (Phi) is 7.02. The van der Waals surface area contributed by atoms with Crippen LogP contribution in [0.2, 0.25) is 0 Å². The summed E-state index contributed by atoms with van der Waals surface area (Å²) in [5.41, 5.74) is 5.73. The van der Waals surface area contributed by atoms with E-state index in [4.69, 9.17) is 15.2 Å². The lowest BCUT2D eigenvalue weighted by molar-refractivity contribution is -0.595. The van der Waals surface area contributed by atoms with Gasteiger partial charge >= 0.3 is 6.18 Å². The Balaban J connectivity index is 0.00000289. The van der Waals surface area contributed by atoms with Gasteiger partial charge in [0.2, 0.25) is 18.8 Å². The van der Waals surface area contributed by atoms with E-state index in [1.807, 2.05) is 24.3 Å². The highest BCUT2D eigenvalue weighted by Crippen LogP contribution is 2.44. The molecule has 32 heavy (non-hydrogen) atoms. The van der Waals surface area contributed by atoms with Gasteiger partial charge in [-0.1, -0.05) is 34.1 Å². The second-order valence-corrected chi connectivity index (χ2v) is 8.23. The number of hydrogen-bond donors (Lipinski definition) is 1. The summed E-state index contributed by atoms with van der Waals surface area (Å²) in [5, 5.41) is 1.76. The van der Waals surface area contributed by atoms with Gasteiger partial charge in [0.05, 0.1) is 18.2 Å². The van der Waals surface area contributed by atoms with Crippen molar-refractivity contribution in [2.24, 2.45) is 5.73 Å². The van der Waals surface area contributed by atoms with Gasteiger partial charge in [-0.3, -0.25) is 5.73 Å². The number of benzene rings is 3. The highest BCUT2D eigenvalue weighted by Gasteiger charge is 2.43. The summed E-state index contributed by atoms with van der Waals surface area (Å²) < 4.78 is 53.3. The Labute approximate surface area is 196 Å². The van der Waals surface area contributed by atoms with Gasteiger partial charge in [-0.05, 0) is 41.1 Å². The molecule has 1 aliphatic rings. The quantitative estimate of drug-likeness (QED) is 0.434. The van der Waals surface area contributed by atoms with Crippen LogP contribution in [-0.2, 0) is 12.6 Å². The minimum atomic E-state index is -4.64. The predicted octanol–water partition coefficient (Wildman–Crippen LogP) is 5.79. The highest BCUT2D eigenvalue weighted by molar-refractivity contribution is 9.10. The highest BCUT2D eigenvalue weighted by atomic mass is 79.9. The van der Waals surface area contributed by atoms with Crippen LogP contribution < -0.4 is 15.2 Å². The van der Waals surface area contributed by atoms with Crippen LogP contribution in [0.25, 0.3) is 10.8 Å². The number of rotatable bonds is 3. The molecule has 0 amide bonds. The number of alkyl halides is 3. The molecule has 2 unspecified atom stereocenters. The molecule has 1 heterocycles. The van der Waals surface area contributed by atoms with E-state index in [-0.39, 0.29) is 30.9 Å². The zero-order chi connectivity index (χ0) is 22.3. The van der Waals surface area contributed by atoms with E-state index in [0.717, 1.165) is 26.9 Å². The molecule has 3 aromatic rings. The van der Waals surface area contributed by atoms with Crippen LogP contribution in [0, 0.1) is 4.91 Å². The van der Waals surface area contributed by atoms with E-state index in [1.54, 1.807) is 6.07 Å². The first kappa shape index (κ1) is 24.3. The lowest BCUT2D eigenvalue weighted by Gasteiger charge is -2.18. The van der Waals surface area contributed by atoms with E-state index in [9.17, 15) is 18.1 Å². The Morgan fingerprint density at radius 2 is 1.97 bits per heavy atom. The average Bonchev–Trinajstić information content (AvgIpc) is 2.82. The van der Waals surface area contributed by atoms with Crippen molar-refractivity contribution in [2.45, 2.75) is 24.9 Å². The third-order valence-electron chi connectivity index (χ3n) is 5.35. The molecule has 3 aromatic carbocycles. The van der Waals surface area contributed by atoms with Gasteiger partial charge in [-0.25, -0.2) is 0 Å². The summed E-state index contributed by atoms with van der Waals surface area (Å²) in [7, 11) is 1.51. The second kappa shape index (κ2) is 9.25. The van der Waals surface area contributed by atoms with Gasteiger partial charge < -0.3 is 9.47 Å². The zero-order valence-electron chi connectivity index (χ0n) is 16.9. The Morgan fingerprint density at radius 3 is 2.66 bits per heavy atom. The lowest BCUT2D eigenvalue weighted by Crippen LogP contribution is -2.35. The summed E-state index contributed by atoms with van der Waals surface area (Å²) in [6.45, 7) is -0.269. The molecule has 0 aromatic heterocycles. The van der Waals surface area contributed by atoms with Crippen molar-refractivity contribution in [2.75, 3.05) is 13.7 Å². The number of ether oxygens (including phenoxy) is 2. The SMILES string of the molecule is COc1ccc2cc(Br)ccc2c1CC1c2cccc(C(F)(F)F)c2OC(N)C[N+]1=O.Cl. The molecule has 0 fully saturated rings. The molecular formula is C22H20BrClF3N2O3+.